The van der Waals surface area contributed by atoms with Crippen molar-refractivity contribution in [1.29, 1.82) is 0 Å². The molecule has 1 fully saturated rings. The van der Waals surface area contributed by atoms with Crippen LogP contribution in [0.1, 0.15) is 55.8 Å². The van der Waals surface area contributed by atoms with Gasteiger partial charge in [0.1, 0.15) is 0 Å². The summed E-state index contributed by atoms with van der Waals surface area (Å²) in [5.74, 6) is -0.368. The molecule has 2 aromatic rings. The van der Waals surface area contributed by atoms with Crippen LogP contribution in [-0.4, -0.2) is 31.3 Å². The normalized spacial score (nSPS) is 17.9. The van der Waals surface area contributed by atoms with Crippen LogP contribution in [0, 0.1) is 0 Å². The van der Waals surface area contributed by atoms with Crippen molar-refractivity contribution in [2.75, 3.05) is 6.54 Å². The molecule has 1 aromatic heterocycles. The zero-order valence-corrected chi connectivity index (χ0v) is 18.2. The quantitative estimate of drug-likeness (QED) is 0.744. The average molecular weight is 445 g/mol. The maximum atomic E-state index is 13.0. The minimum absolute atomic E-state index is 0.0127. The molecule has 0 bridgehead atoms. The van der Waals surface area contributed by atoms with Gasteiger partial charge in [-0.25, -0.2) is 13.1 Å². The zero-order valence-electron chi connectivity index (χ0n) is 15.8. The molecule has 28 heavy (non-hydrogen) atoms. The molecule has 152 valence electrons. The first kappa shape index (κ1) is 21.2. The van der Waals surface area contributed by atoms with Crippen molar-refractivity contribution < 1.29 is 17.6 Å². The molecule has 0 saturated carbocycles. The van der Waals surface area contributed by atoms with Crippen LogP contribution in [0.4, 0.5) is 0 Å². The maximum absolute atomic E-state index is 13.0. The fourth-order valence-corrected chi connectivity index (χ4v) is 4.91. The molecule has 2 heterocycles. The van der Waals surface area contributed by atoms with Gasteiger partial charge in [-0.15, -0.1) is 0 Å². The van der Waals surface area contributed by atoms with Crippen molar-refractivity contribution in [3.8, 4) is 0 Å². The molecule has 1 aromatic carbocycles. The van der Waals surface area contributed by atoms with Crippen molar-refractivity contribution in [3.63, 3.8) is 0 Å². The number of hydrogen-bond acceptors (Lipinski definition) is 4. The van der Waals surface area contributed by atoms with Crippen LogP contribution in [0.5, 0.6) is 0 Å². The Morgan fingerprint density at radius 2 is 1.89 bits per heavy atom. The summed E-state index contributed by atoms with van der Waals surface area (Å²) in [5, 5.41) is 0.600. The smallest absolute Gasteiger partial charge is 0.290 e. The molecule has 1 N–H and O–H groups in total. The number of rotatable bonds is 4. The fraction of sp³-hybridized carbons (Fsp3) is 0.421. The molecule has 1 aliphatic heterocycles. The monoisotopic (exact) mass is 444 g/mol. The Morgan fingerprint density at radius 3 is 2.54 bits per heavy atom. The van der Waals surface area contributed by atoms with Crippen molar-refractivity contribution in [2.45, 2.75) is 50.3 Å². The van der Waals surface area contributed by atoms with Gasteiger partial charge in [0.25, 0.3) is 15.9 Å². The molecule has 1 unspecified atom stereocenters. The molecular weight excluding hydrogens is 423 g/mol. The molecule has 0 radical (unpaired) electrons. The van der Waals surface area contributed by atoms with Crippen LogP contribution in [0.2, 0.25) is 10.0 Å². The predicted molar refractivity (Wildman–Crippen MR) is 108 cm³/mol. The predicted octanol–water partition coefficient (Wildman–Crippen LogP) is 4.64. The molecule has 1 amide bonds. The van der Waals surface area contributed by atoms with Crippen LogP contribution in [0.15, 0.2) is 39.8 Å². The number of furan rings is 1. The van der Waals surface area contributed by atoms with E-state index in [0.717, 1.165) is 18.4 Å². The highest BCUT2D eigenvalue weighted by Crippen LogP contribution is 2.36. The summed E-state index contributed by atoms with van der Waals surface area (Å²) in [4.78, 5) is 14.6. The van der Waals surface area contributed by atoms with Gasteiger partial charge in [-0.3, -0.25) is 4.79 Å². The summed E-state index contributed by atoms with van der Waals surface area (Å²) < 4.78 is 32.7. The van der Waals surface area contributed by atoms with E-state index >= 15 is 0 Å². The second kappa shape index (κ2) is 7.71. The van der Waals surface area contributed by atoms with E-state index in [1.165, 1.54) is 12.1 Å². The van der Waals surface area contributed by atoms with Gasteiger partial charge in [-0.1, -0.05) is 29.3 Å². The number of hydrogen-bond donors (Lipinski definition) is 1. The van der Waals surface area contributed by atoms with Crippen LogP contribution in [0.25, 0.3) is 0 Å². The van der Waals surface area contributed by atoms with E-state index in [1.54, 1.807) is 37.8 Å². The number of likely N-dealkylation sites (tertiary alicyclic amines) is 1. The lowest BCUT2D eigenvalue weighted by Gasteiger charge is -2.24. The largest absolute Gasteiger partial charge is 0.438 e. The Hall–Kier alpha value is -1.54. The van der Waals surface area contributed by atoms with Gasteiger partial charge in [0.15, 0.2) is 5.76 Å². The molecule has 0 spiro atoms. The number of amides is 1. The molecule has 9 heteroatoms. The molecule has 0 aliphatic carbocycles. The van der Waals surface area contributed by atoms with Gasteiger partial charge in [0.2, 0.25) is 5.09 Å². The average Bonchev–Trinajstić information content (AvgIpc) is 3.24. The highest BCUT2D eigenvalue weighted by Gasteiger charge is 2.33. The Morgan fingerprint density at radius 1 is 1.18 bits per heavy atom. The van der Waals surface area contributed by atoms with Gasteiger partial charge in [-0.2, -0.15) is 0 Å². The standard InChI is InChI=1S/C19H22Cl2N2O4S/c1-19(2,3)22-28(25,26)17-9-8-16(27-17)18(24)23-10-4-5-15(23)12-6-7-13(20)14(21)11-12/h6-9,11,15,22H,4-5,10H2,1-3H3. The Bertz CT molecular complexity index is 996. The number of carbonyl (C=O) groups excluding carboxylic acids is 1. The number of nitrogens with zero attached hydrogens (tertiary/aromatic N) is 1. The van der Waals surface area contributed by atoms with Crippen LogP contribution in [-0.2, 0) is 10.0 Å². The molecule has 1 atom stereocenters. The summed E-state index contributed by atoms with van der Waals surface area (Å²) in [6, 6.07) is 7.83. The van der Waals surface area contributed by atoms with E-state index in [2.05, 4.69) is 4.72 Å². The van der Waals surface area contributed by atoms with E-state index in [-0.39, 0.29) is 22.8 Å². The molecule has 1 saturated heterocycles. The Balaban J connectivity index is 1.84. The summed E-state index contributed by atoms with van der Waals surface area (Å²) in [5.41, 5.74) is 0.220. The van der Waals surface area contributed by atoms with Crippen LogP contribution < -0.4 is 4.72 Å². The first-order valence-electron chi connectivity index (χ1n) is 8.88. The molecule has 3 rings (SSSR count). The van der Waals surface area contributed by atoms with Crippen molar-refractivity contribution in [2.24, 2.45) is 0 Å². The molecule has 6 nitrogen and oxygen atoms in total. The maximum Gasteiger partial charge on any atom is 0.290 e. The topological polar surface area (TPSA) is 79.6 Å². The number of sulfonamides is 1. The number of halogens is 2. The fourth-order valence-electron chi connectivity index (χ4n) is 3.25. The molecular formula is C19H22Cl2N2O4S. The summed E-state index contributed by atoms with van der Waals surface area (Å²) in [6.07, 6.45) is 1.61. The van der Waals surface area contributed by atoms with E-state index in [4.69, 9.17) is 27.6 Å². The van der Waals surface area contributed by atoms with Crippen molar-refractivity contribution in [3.05, 3.63) is 51.7 Å². The number of benzene rings is 1. The highest BCUT2D eigenvalue weighted by molar-refractivity contribution is 7.89. The SMILES string of the molecule is CC(C)(C)NS(=O)(=O)c1ccc(C(=O)N2CCCC2c2ccc(Cl)c(Cl)c2)o1. The van der Waals surface area contributed by atoms with Crippen LogP contribution in [0.3, 0.4) is 0 Å². The number of carbonyl (C=O) groups is 1. The Kier molecular flexibility index (Phi) is 5.83. The van der Waals surface area contributed by atoms with Gasteiger partial charge >= 0.3 is 0 Å². The van der Waals surface area contributed by atoms with Gasteiger partial charge in [0, 0.05) is 12.1 Å². The minimum atomic E-state index is -3.85. The van der Waals surface area contributed by atoms with Crippen molar-refractivity contribution in [1.82, 2.24) is 9.62 Å². The third kappa shape index (κ3) is 4.54. The summed E-state index contributed by atoms with van der Waals surface area (Å²) >= 11 is 12.1. The van der Waals surface area contributed by atoms with Gasteiger partial charge in [-0.05, 0) is 63.4 Å². The second-order valence-corrected chi connectivity index (χ2v) is 10.2. The Labute approximate surface area is 174 Å². The zero-order chi connectivity index (χ0) is 20.7. The lowest BCUT2D eigenvalue weighted by molar-refractivity contribution is 0.0697. The van der Waals surface area contributed by atoms with E-state index in [9.17, 15) is 13.2 Å². The highest BCUT2D eigenvalue weighted by atomic mass is 35.5. The van der Waals surface area contributed by atoms with Crippen LogP contribution >= 0.6 is 23.2 Å². The van der Waals surface area contributed by atoms with Crippen molar-refractivity contribution >= 4 is 39.1 Å². The lowest BCUT2D eigenvalue weighted by atomic mass is 10.0. The van der Waals surface area contributed by atoms with E-state index < -0.39 is 15.6 Å². The van der Waals surface area contributed by atoms with Gasteiger partial charge in [0.05, 0.1) is 16.1 Å². The first-order chi connectivity index (χ1) is 13.0. The third-order valence-corrected chi connectivity index (χ3v) is 6.71. The number of nitrogens with one attached hydrogen (secondary N) is 1. The summed E-state index contributed by atoms with van der Waals surface area (Å²) in [7, 11) is -3.85. The first-order valence-corrected chi connectivity index (χ1v) is 11.1. The van der Waals surface area contributed by atoms with E-state index in [1.807, 2.05) is 6.07 Å². The second-order valence-electron chi connectivity index (χ2n) is 7.80. The minimum Gasteiger partial charge on any atom is -0.438 e. The van der Waals surface area contributed by atoms with E-state index in [0.29, 0.717) is 16.6 Å². The molecule has 1 aliphatic rings. The summed E-state index contributed by atoms with van der Waals surface area (Å²) in [6.45, 7) is 5.73. The lowest BCUT2D eigenvalue weighted by Crippen LogP contribution is -2.40. The third-order valence-electron chi connectivity index (χ3n) is 4.34. The van der Waals surface area contributed by atoms with Gasteiger partial charge < -0.3 is 9.32 Å².